The summed E-state index contributed by atoms with van der Waals surface area (Å²) >= 11 is 0. The van der Waals surface area contributed by atoms with Crippen LogP contribution in [0.2, 0.25) is 0 Å². The number of aromatic hydroxyl groups is 1. The number of ether oxygens (including phenoxy) is 1. The van der Waals surface area contributed by atoms with E-state index in [1.807, 2.05) is 0 Å². The van der Waals surface area contributed by atoms with Crippen molar-refractivity contribution < 1.29 is 19.1 Å². The average molecular weight is 548 g/mol. The number of hydrogen-bond donors (Lipinski definition) is 2. The Morgan fingerprint density at radius 3 is 1.82 bits per heavy atom. The number of hydrogen-bond acceptors (Lipinski definition) is 6. The number of nitrogens with one attached hydrogen (secondary N) is 1. The monoisotopic (exact) mass is 547 g/mol. The van der Waals surface area contributed by atoms with E-state index in [0.29, 0.717) is 23.1 Å². The first-order chi connectivity index (χ1) is 19.5. The minimum atomic E-state index is -0.784. The van der Waals surface area contributed by atoms with E-state index >= 15 is 0 Å². The van der Waals surface area contributed by atoms with Gasteiger partial charge in [-0.1, -0.05) is 121 Å². The van der Waals surface area contributed by atoms with E-state index in [-0.39, 0.29) is 22.6 Å². The van der Waals surface area contributed by atoms with E-state index < -0.39 is 11.6 Å². The number of carbonyl (C=O) groups excluding carboxylic acids is 1. The van der Waals surface area contributed by atoms with Crippen molar-refractivity contribution in [2.45, 2.75) is 103 Å². The largest absolute Gasteiger partial charge is 0.506 e. The van der Waals surface area contributed by atoms with Gasteiger partial charge in [0.25, 0.3) is 0 Å². The molecule has 6 nitrogen and oxygen atoms in total. The van der Waals surface area contributed by atoms with Crippen LogP contribution in [0.4, 0.5) is 0 Å². The molecule has 2 aromatic carbocycles. The van der Waals surface area contributed by atoms with Crippen molar-refractivity contribution >= 4 is 22.7 Å². The molecule has 0 fully saturated rings. The molecule has 40 heavy (non-hydrogen) atoms. The van der Waals surface area contributed by atoms with Crippen molar-refractivity contribution in [3.05, 3.63) is 75.6 Å². The molecule has 1 aromatic heterocycles. The molecule has 0 unspecified atom stereocenters. The number of rotatable bonds is 19. The van der Waals surface area contributed by atoms with Crippen LogP contribution < -0.4 is 5.63 Å². The van der Waals surface area contributed by atoms with Crippen LogP contribution in [-0.2, 0) is 4.74 Å². The molecule has 216 valence electrons. The molecule has 6 heteroatoms. The standard InChI is InChI=1S/C34H45NO5/c1-2-3-4-5-6-7-8-9-10-11-12-13-14-15-18-25-39-33(37)27-23-21-26(22-24-27)31(35)30-32(36)28-19-16-17-20-29(28)40-34(30)38/h16-17,19-24,35-36H,2-15,18,25H2,1H3. The predicted molar refractivity (Wildman–Crippen MR) is 162 cm³/mol. The second-order valence-electron chi connectivity index (χ2n) is 10.6. The molecule has 0 bridgehead atoms. The molecule has 0 aliphatic carbocycles. The van der Waals surface area contributed by atoms with Crippen molar-refractivity contribution in [3.8, 4) is 5.75 Å². The fourth-order valence-electron chi connectivity index (χ4n) is 4.99. The maximum atomic E-state index is 12.4. The van der Waals surface area contributed by atoms with E-state index in [1.165, 1.54) is 83.5 Å². The molecule has 0 spiro atoms. The van der Waals surface area contributed by atoms with E-state index in [4.69, 9.17) is 14.6 Å². The van der Waals surface area contributed by atoms with E-state index in [0.717, 1.165) is 12.8 Å². The third-order valence-electron chi connectivity index (χ3n) is 7.43. The van der Waals surface area contributed by atoms with Crippen molar-refractivity contribution in [2.24, 2.45) is 0 Å². The van der Waals surface area contributed by atoms with Crippen molar-refractivity contribution in [2.75, 3.05) is 6.61 Å². The summed E-state index contributed by atoms with van der Waals surface area (Å²) in [7, 11) is 0. The van der Waals surface area contributed by atoms with Crippen LogP contribution in [-0.4, -0.2) is 23.4 Å². The molecule has 0 radical (unpaired) electrons. The molecule has 0 atom stereocenters. The molecule has 3 rings (SSSR count). The summed E-state index contributed by atoms with van der Waals surface area (Å²) in [5, 5.41) is 19.4. The summed E-state index contributed by atoms with van der Waals surface area (Å²) in [4.78, 5) is 24.8. The zero-order valence-electron chi connectivity index (χ0n) is 24.0. The topological polar surface area (TPSA) is 101 Å². The Morgan fingerprint density at radius 2 is 1.25 bits per heavy atom. The van der Waals surface area contributed by atoms with Gasteiger partial charge >= 0.3 is 11.6 Å². The summed E-state index contributed by atoms with van der Waals surface area (Å²) in [6, 6.07) is 12.9. The van der Waals surface area contributed by atoms with Crippen molar-refractivity contribution in [1.82, 2.24) is 0 Å². The van der Waals surface area contributed by atoms with E-state index in [9.17, 15) is 14.7 Å². The lowest BCUT2D eigenvalue weighted by Crippen LogP contribution is -2.15. The van der Waals surface area contributed by atoms with Gasteiger partial charge in [-0.2, -0.15) is 0 Å². The van der Waals surface area contributed by atoms with Crippen LogP contribution >= 0.6 is 0 Å². The van der Waals surface area contributed by atoms with Gasteiger partial charge < -0.3 is 14.3 Å². The van der Waals surface area contributed by atoms with Crippen LogP contribution in [0.1, 0.15) is 125 Å². The van der Waals surface area contributed by atoms with Gasteiger partial charge in [0.1, 0.15) is 16.9 Å². The van der Waals surface area contributed by atoms with Crippen LogP contribution in [0.25, 0.3) is 11.0 Å². The molecule has 0 saturated carbocycles. The number of benzene rings is 2. The Bertz CT molecular complexity index is 1260. The third-order valence-corrected chi connectivity index (χ3v) is 7.43. The predicted octanol–water partition coefficient (Wildman–Crippen LogP) is 8.94. The van der Waals surface area contributed by atoms with Crippen LogP contribution in [0.15, 0.2) is 57.7 Å². The highest BCUT2D eigenvalue weighted by atomic mass is 16.5. The second-order valence-corrected chi connectivity index (χ2v) is 10.6. The lowest BCUT2D eigenvalue weighted by molar-refractivity contribution is 0.0497. The molecule has 1 heterocycles. The smallest absolute Gasteiger partial charge is 0.349 e. The van der Waals surface area contributed by atoms with Gasteiger partial charge in [0.2, 0.25) is 0 Å². The highest BCUT2D eigenvalue weighted by molar-refractivity contribution is 6.14. The maximum absolute atomic E-state index is 12.4. The Labute approximate surface area is 238 Å². The average Bonchev–Trinajstić information content (AvgIpc) is 2.97. The molecule has 0 saturated heterocycles. The molecule has 0 aliphatic rings. The summed E-state index contributed by atoms with van der Waals surface area (Å²) < 4.78 is 10.7. The molecular weight excluding hydrogens is 502 g/mol. The Hall–Kier alpha value is -3.41. The number of esters is 1. The van der Waals surface area contributed by atoms with Gasteiger partial charge in [-0.25, -0.2) is 9.59 Å². The summed E-state index contributed by atoms with van der Waals surface area (Å²) in [6.07, 6.45) is 19.3. The molecule has 2 N–H and O–H groups in total. The highest BCUT2D eigenvalue weighted by Gasteiger charge is 2.19. The quantitative estimate of drug-likeness (QED) is 0.0675. The molecule has 0 aliphatic heterocycles. The van der Waals surface area contributed by atoms with Crippen molar-refractivity contribution in [1.29, 1.82) is 5.41 Å². The summed E-state index contributed by atoms with van der Waals surface area (Å²) in [6.45, 7) is 2.65. The number of carbonyl (C=O) groups is 1. The minimum Gasteiger partial charge on any atom is -0.506 e. The Morgan fingerprint density at radius 1 is 0.750 bits per heavy atom. The fourth-order valence-corrected chi connectivity index (χ4v) is 4.99. The first-order valence-electron chi connectivity index (χ1n) is 15.1. The van der Waals surface area contributed by atoms with Crippen LogP contribution in [0.5, 0.6) is 5.75 Å². The Kier molecular flexibility index (Phi) is 13.5. The molecular formula is C34H45NO5. The van der Waals surface area contributed by atoms with Crippen molar-refractivity contribution in [3.63, 3.8) is 0 Å². The lowest BCUT2D eigenvalue weighted by atomic mass is 10.0. The normalized spacial score (nSPS) is 11.1. The highest BCUT2D eigenvalue weighted by Crippen LogP contribution is 2.27. The summed E-state index contributed by atoms with van der Waals surface area (Å²) in [5.74, 6) is -0.694. The molecule has 3 aromatic rings. The SMILES string of the molecule is CCCCCCCCCCCCCCCCCOC(=O)c1ccc(C(=N)c2c(O)c3ccccc3oc2=O)cc1. The fraction of sp³-hybridized carbons (Fsp3) is 0.500. The van der Waals surface area contributed by atoms with Gasteiger partial charge in [-0.15, -0.1) is 0 Å². The lowest BCUT2D eigenvalue weighted by Gasteiger charge is -2.09. The van der Waals surface area contributed by atoms with Crippen LogP contribution in [0.3, 0.4) is 0 Å². The van der Waals surface area contributed by atoms with E-state index in [1.54, 1.807) is 48.5 Å². The Balaban J connectivity index is 1.29. The van der Waals surface area contributed by atoms with Gasteiger partial charge in [-0.05, 0) is 30.7 Å². The maximum Gasteiger partial charge on any atom is 0.349 e. The first-order valence-corrected chi connectivity index (χ1v) is 15.1. The number of unbranched alkanes of at least 4 members (excludes halogenated alkanes) is 14. The van der Waals surface area contributed by atoms with Gasteiger partial charge in [0.15, 0.2) is 0 Å². The van der Waals surface area contributed by atoms with Gasteiger partial charge in [0.05, 0.1) is 23.3 Å². The number of fused-ring (bicyclic) bond motifs is 1. The van der Waals surface area contributed by atoms with Crippen LogP contribution in [0, 0.1) is 5.41 Å². The summed E-state index contributed by atoms with van der Waals surface area (Å²) in [5.41, 5.74) is -0.136. The molecule has 0 amide bonds. The zero-order valence-corrected chi connectivity index (χ0v) is 24.0. The number of para-hydroxylation sites is 1. The third kappa shape index (κ3) is 9.65. The first kappa shape index (κ1) is 31.1. The van der Waals surface area contributed by atoms with Gasteiger partial charge in [0, 0.05) is 5.56 Å². The minimum absolute atomic E-state index is 0.172. The second kappa shape index (κ2) is 17.3. The van der Waals surface area contributed by atoms with E-state index in [2.05, 4.69) is 6.92 Å². The van der Waals surface area contributed by atoms with Gasteiger partial charge in [-0.3, -0.25) is 5.41 Å². The zero-order chi connectivity index (χ0) is 28.6.